The van der Waals surface area contributed by atoms with Gasteiger partial charge in [0.1, 0.15) is 0 Å². The normalized spacial score (nSPS) is 19.7. The van der Waals surface area contributed by atoms with Crippen LogP contribution in [0.3, 0.4) is 0 Å². The molecule has 1 aliphatic rings. The molecule has 0 aromatic heterocycles. The smallest absolute Gasteiger partial charge is 0.0668 e. The molecule has 1 aromatic carbocycles. The number of hydrogen-bond acceptors (Lipinski definition) is 3. The van der Waals surface area contributed by atoms with Crippen LogP contribution in [0, 0.1) is 0 Å². The highest BCUT2D eigenvalue weighted by Crippen LogP contribution is 2.26. The molecule has 1 N–H and O–H groups in total. The van der Waals surface area contributed by atoms with E-state index < -0.39 is 0 Å². The van der Waals surface area contributed by atoms with Crippen molar-refractivity contribution in [1.29, 1.82) is 0 Å². The molecule has 3 nitrogen and oxygen atoms in total. The molecule has 1 fully saturated rings. The van der Waals surface area contributed by atoms with Crippen LogP contribution < -0.4 is 10.2 Å². The average molecular weight is 327 g/mol. The standard InChI is InChI=1S/C15H23BrN2O/c1-3-6-17-10-13-4-5-14(9-15(13)16)18-7-8-19-11-12(18)2/h4-5,9,12,17H,3,6-8,10-11H2,1-2H3. The van der Waals surface area contributed by atoms with Crippen molar-refractivity contribution in [3.63, 3.8) is 0 Å². The summed E-state index contributed by atoms with van der Waals surface area (Å²) >= 11 is 3.69. The summed E-state index contributed by atoms with van der Waals surface area (Å²) in [5, 5.41) is 3.44. The van der Waals surface area contributed by atoms with Crippen molar-refractivity contribution in [2.75, 3.05) is 31.2 Å². The van der Waals surface area contributed by atoms with Crippen molar-refractivity contribution in [3.05, 3.63) is 28.2 Å². The lowest BCUT2D eigenvalue weighted by atomic mass is 10.1. The quantitative estimate of drug-likeness (QED) is 0.841. The molecule has 4 heteroatoms. The maximum absolute atomic E-state index is 5.49. The van der Waals surface area contributed by atoms with Gasteiger partial charge in [0.05, 0.1) is 13.2 Å². The third-order valence-electron chi connectivity index (χ3n) is 3.48. The number of nitrogens with zero attached hydrogens (tertiary/aromatic N) is 1. The van der Waals surface area contributed by atoms with Crippen LogP contribution in [0.2, 0.25) is 0 Å². The van der Waals surface area contributed by atoms with Crippen LogP contribution in [0.5, 0.6) is 0 Å². The molecule has 0 amide bonds. The summed E-state index contributed by atoms with van der Waals surface area (Å²) in [7, 11) is 0. The number of nitrogens with one attached hydrogen (secondary N) is 1. The van der Waals surface area contributed by atoms with Gasteiger partial charge in [0.15, 0.2) is 0 Å². The van der Waals surface area contributed by atoms with Gasteiger partial charge in [0, 0.05) is 29.3 Å². The molecule has 0 radical (unpaired) electrons. The third kappa shape index (κ3) is 3.94. The fraction of sp³-hybridized carbons (Fsp3) is 0.600. The van der Waals surface area contributed by atoms with Gasteiger partial charge in [-0.25, -0.2) is 0 Å². The molecule has 106 valence electrons. The molecule has 19 heavy (non-hydrogen) atoms. The molecule has 1 unspecified atom stereocenters. The van der Waals surface area contributed by atoms with Gasteiger partial charge < -0.3 is 15.0 Å². The molecule has 1 aromatic rings. The zero-order valence-electron chi connectivity index (χ0n) is 11.8. The fourth-order valence-electron chi connectivity index (χ4n) is 2.37. The van der Waals surface area contributed by atoms with Crippen molar-refractivity contribution in [2.45, 2.75) is 32.9 Å². The Morgan fingerprint density at radius 2 is 2.32 bits per heavy atom. The molecular weight excluding hydrogens is 304 g/mol. The molecule has 1 heterocycles. The SMILES string of the molecule is CCCNCc1ccc(N2CCOCC2C)cc1Br. The first kappa shape index (κ1) is 14.8. The summed E-state index contributed by atoms with van der Waals surface area (Å²) in [4.78, 5) is 2.41. The maximum Gasteiger partial charge on any atom is 0.0668 e. The predicted molar refractivity (Wildman–Crippen MR) is 83.8 cm³/mol. The van der Waals surface area contributed by atoms with Crippen molar-refractivity contribution in [1.82, 2.24) is 5.32 Å². The Bertz CT molecular complexity index is 411. The van der Waals surface area contributed by atoms with E-state index in [0.717, 1.165) is 32.8 Å². The van der Waals surface area contributed by atoms with E-state index in [9.17, 15) is 0 Å². The van der Waals surface area contributed by atoms with E-state index in [1.54, 1.807) is 0 Å². The molecular formula is C15H23BrN2O. The van der Waals surface area contributed by atoms with E-state index in [0.29, 0.717) is 6.04 Å². The average Bonchev–Trinajstić information content (AvgIpc) is 2.41. The number of anilines is 1. The summed E-state index contributed by atoms with van der Waals surface area (Å²) in [5.41, 5.74) is 2.60. The van der Waals surface area contributed by atoms with Gasteiger partial charge in [-0.3, -0.25) is 0 Å². The second-order valence-electron chi connectivity index (χ2n) is 5.07. The van der Waals surface area contributed by atoms with Gasteiger partial charge >= 0.3 is 0 Å². The molecule has 0 saturated carbocycles. The van der Waals surface area contributed by atoms with Crippen LogP contribution in [0.25, 0.3) is 0 Å². The molecule has 1 saturated heterocycles. The zero-order chi connectivity index (χ0) is 13.7. The molecule has 1 aliphatic heterocycles. The van der Waals surface area contributed by atoms with Crippen molar-refractivity contribution >= 4 is 21.6 Å². The van der Waals surface area contributed by atoms with Crippen molar-refractivity contribution < 1.29 is 4.74 Å². The third-order valence-corrected chi connectivity index (χ3v) is 4.22. The zero-order valence-corrected chi connectivity index (χ0v) is 13.4. The lowest BCUT2D eigenvalue weighted by Gasteiger charge is -2.35. The highest BCUT2D eigenvalue weighted by molar-refractivity contribution is 9.10. The first-order valence-electron chi connectivity index (χ1n) is 7.06. The number of benzene rings is 1. The highest BCUT2D eigenvalue weighted by atomic mass is 79.9. The van der Waals surface area contributed by atoms with Gasteiger partial charge in [-0.05, 0) is 37.6 Å². The summed E-state index contributed by atoms with van der Waals surface area (Å²) in [6.07, 6.45) is 1.17. The molecule has 0 spiro atoms. The van der Waals surface area contributed by atoms with Crippen molar-refractivity contribution in [3.8, 4) is 0 Å². The van der Waals surface area contributed by atoms with Gasteiger partial charge in [0.25, 0.3) is 0 Å². The van der Waals surface area contributed by atoms with Crippen molar-refractivity contribution in [2.24, 2.45) is 0 Å². The largest absolute Gasteiger partial charge is 0.377 e. The Balaban J connectivity index is 2.05. The molecule has 1 atom stereocenters. The second-order valence-corrected chi connectivity index (χ2v) is 5.92. The summed E-state index contributed by atoms with van der Waals surface area (Å²) < 4.78 is 6.68. The summed E-state index contributed by atoms with van der Waals surface area (Å²) in [6.45, 7) is 9.00. The topological polar surface area (TPSA) is 24.5 Å². The first-order chi connectivity index (χ1) is 9.22. The Kier molecular flexibility index (Phi) is 5.67. The van der Waals surface area contributed by atoms with Gasteiger partial charge in [-0.1, -0.05) is 28.9 Å². The number of rotatable bonds is 5. The first-order valence-corrected chi connectivity index (χ1v) is 7.85. The van der Waals surface area contributed by atoms with Crippen LogP contribution in [-0.4, -0.2) is 32.3 Å². The Morgan fingerprint density at radius 3 is 3.00 bits per heavy atom. The lowest BCUT2D eigenvalue weighted by molar-refractivity contribution is 0.0989. The Labute approximate surface area is 124 Å². The molecule has 0 aliphatic carbocycles. The van der Waals surface area contributed by atoms with Gasteiger partial charge in [-0.2, -0.15) is 0 Å². The van der Waals surface area contributed by atoms with Gasteiger partial charge in [-0.15, -0.1) is 0 Å². The van der Waals surface area contributed by atoms with E-state index in [2.05, 4.69) is 58.2 Å². The van der Waals surface area contributed by atoms with Crippen LogP contribution in [0.4, 0.5) is 5.69 Å². The number of ether oxygens (including phenoxy) is 1. The Hall–Kier alpha value is -0.580. The monoisotopic (exact) mass is 326 g/mol. The van der Waals surface area contributed by atoms with E-state index in [-0.39, 0.29) is 0 Å². The second kappa shape index (κ2) is 7.27. The molecule has 2 rings (SSSR count). The minimum atomic E-state index is 0.449. The minimum absolute atomic E-state index is 0.449. The fourth-order valence-corrected chi connectivity index (χ4v) is 2.88. The van der Waals surface area contributed by atoms with E-state index in [4.69, 9.17) is 4.74 Å². The van der Waals surface area contributed by atoms with Crippen LogP contribution >= 0.6 is 15.9 Å². The number of hydrogen-bond donors (Lipinski definition) is 1. The van der Waals surface area contributed by atoms with Crippen LogP contribution in [0.1, 0.15) is 25.8 Å². The highest BCUT2D eigenvalue weighted by Gasteiger charge is 2.19. The summed E-state index contributed by atoms with van der Waals surface area (Å²) in [5.74, 6) is 0. The van der Waals surface area contributed by atoms with Gasteiger partial charge in [0.2, 0.25) is 0 Å². The van der Waals surface area contributed by atoms with E-state index in [1.807, 2.05) is 0 Å². The number of morpholine rings is 1. The Morgan fingerprint density at radius 1 is 1.47 bits per heavy atom. The maximum atomic E-state index is 5.49. The minimum Gasteiger partial charge on any atom is -0.377 e. The lowest BCUT2D eigenvalue weighted by Crippen LogP contribution is -2.43. The van der Waals surface area contributed by atoms with Crippen LogP contribution in [0.15, 0.2) is 22.7 Å². The number of halogens is 1. The summed E-state index contributed by atoms with van der Waals surface area (Å²) in [6, 6.07) is 7.11. The van der Waals surface area contributed by atoms with E-state index >= 15 is 0 Å². The predicted octanol–water partition coefficient (Wildman–Crippen LogP) is 3.17. The van der Waals surface area contributed by atoms with E-state index in [1.165, 1.54) is 22.1 Å². The van der Waals surface area contributed by atoms with Crippen LogP contribution in [-0.2, 0) is 11.3 Å². The molecule has 0 bridgehead atoms.